The molecule has 0 unspecified atom stereocenters. The molecule has 0 aromatic rings. The van der Waals surface area contributed by atoms with Crippen LogP contribution >= 0.6 is 0 Å². The number of aliphatic hydroxyl groups is 1. The number of hydrogen-bond acceptors (Lipinski definition) is 3. The number of nitrogens with zero attached hydrogens (tertiary/aromatic N) is 1. The summed E-state index contributed by atoms with van der Waals surface area (Å²) in [6.45, 7) is 11.7. The molecule has 1 N–H and O–H groups in total. The van der Waals surface area contributed by atoms with Crippen molar-refractivity contribution in [3.05, 3.63) is 12.7 Å². The highest BCUT2D eigenvalue weighted by Crippen LogP contribution is 2.29. The maximum atomic E-state index is 12.8. The van der Waals surface area contributed by atoms with Gasteiger partial charge in [0, 0.05) is 6.04 Å². The third-order valence-electron chi connectivity index (χ3n) is 5.64. The van der Waals surface area contributed by atoms with Crippen molar-refractivity contribution >= 4 is 6.09 Å². The Bertz CT molecular complexity index is 444. The Hall–Kier alpha value is -1.03. The maximum Gasteiger partial charge on any atom is 0.411 e. The number of likely N-dealkylation sites (tertiary alicyclic amines) is 1. The zero-order chi connectivity index (χ0) is 21.0. The molecule has 1 amide bonds. The highest BCUT2D eigenvalue weighted by Gasteiger charge is 2.39. The topological polar surface area (TPSA) is 49.8 Å². The summed E-state index contributed by atoms with van der Waals surface area (Å²) in [7, 11) is 0. The van der Waals surface area contributed by atoms with Gasteiger partial charge in [-0.3, -0.25) is 4.90 Å². The zero-order valence-corrected chi connectivity index (χ0v) is 18.9. The molecular weight excluding hydrogens is 350 g/mol. The summed E-state index contributed by atoms with van der Waals surface area (Å²) in [4.78, 5) is 14.5. The third kappa shape index (κ3) is 9.45. The molecule has 3 atom stereocenters. The quantitative estimate of drug-likeness (QED) is 0.299. The number of unbranched alkanes of at least 4 members (excludes halogenated alkanes) is 9. The van der Waals surface area contributed by atoms with E-state index in [0.29, 0.717) is 0 Å². The van der Waals surface area contributed by atoms with Crippen molar-refractivity contribution in [1.82, 2.24) is 4.90 Å². The van der Waals surface area contributed by atoms with Crippen LogP contribution in [0.5, 0.6) is 0 Å². The Balaban J connectivity index is 2.40. The number of aliphatic hydroxyl groups excluding tert-OH is 1. The molecule has 0 saturated carbocycles. The first-order valence-corrected chi connectivity index (χ1v) is 11.6. The standard InChI is InChI=1S/C24H45NO3/c1-6-8-9-10-11-12-13-14-15-16-17-20-18-19-22(26)21(7-2)25(20)23(27)28-24(3,4)5/h7,20-22,26H,2,6,8-19H2,1,3-5H3/t20-,21-,22+/m1/s1. The van der Waals surface area contributed by atoms with E-state index in [1.54, 1.807) is 11.0 Å². The van der Waals surface area contributed by atoms with Gasteiger partial charge in [-0.25, -0.2) is 4.79 Å². The minimum absolute atomic E-state index is 0.135. The Morgan fingerprint density at radius 3 is 2.07 bits per heavy atom. The van der Waals surface area contributed by atoms with Gasteiger partial charge in [0.05, 0.1) is 12.1 Å². The van der Waals surface area contributed by atoms with E-state index in [-0.39, 0.29) is 18.2 Å². The molecule has 1 saturated heterocycles. The summed E-state index contributed by atoms with van der Waals surface area (Å²) in [5.41, 5.74) is -0.535. The van der Waals surface area contributed by atoms with E-state index in [0.717, 1.165) is 25.7 Å². The summed E-state index contributed by atoms with van der Waals surface area (Å²) in [5.74, 6) is 0. The number of rotatable bonds is 12. The molecule has 1 aliphatic heterocycles. The second-order valence-electron chi connectivity index (χ2n) is 9.38. The monoisotopic (exact) mass is 395 g/mol. The number of hydrogen-bond donors (Lipinski definition) is 1. The van der Waals surface area contributed by atoms with Gasteiger partial charge in [-0.05, 0) is 40.0 Å². The molecule has 1 aliphatic rings. The Labute approximate surface area is 173 Å². The molecule has 4 nitrogen and oxygen atoms in total. The van der Waals surface area contributed by atoms with Crippen molar-refractivity contribution in [2.24, 2.45) is 0 Å². The Morgan fingerprint density at radius 2 is 1.57 bits per heavy atom. The fourth-order valence-electron chi connectivity index (χ4n) is 4.11. The Morgan fingerprint density at radius 1 is 1.04 bits per heavy atom. The van der Waals surface area contributed by atoms with Gasteiger partial charge in [-0.15, -0.1) is 6.58 Å². The zero-order valence-electron chi connectivity index (χ0n) is 18.9. The smallest absolute Gasteiger partial charge is 0.411 e. The minimum atomic E-state index is -0.547. The minimum Gasteiger partial charge on any atom is -0.444 e. The first-order chi connectivity index (χ1) is 13.3. The highest BCUT2D eigenvalue weighted by atomic mass is 16.6. The van der Waals surface area contributed by atoms with Gasteiger partial charge in [0.1, 0.15) is 5.60 Å². The summed E-state index contributed by atoms with van der Waals surface area (Å²) >= 11 is 0. The van der Waals surface area contributed by atoms with Gasteiger partial charge >= 0.3 is 6.09 Å². The van der Waals surface area contributed by atoms with Crippen LogP contribution in [0.2, 0.25) is 0 Å². The lowest BCUT2D eigenvalue weighted by Gasteiger charge is -2.43. The average molecular weight is 396 g/mol. The lowest BCUT2D eigenvalue weighted by molar-refractivity contribution is -0.0326. The molecule has 0 aliphatic carbocycles. The van der Waals surface area contributed by atoms with Crippen molar-refractivity contribution in [3.8, 4) is 0 Å². The SMILES string of the molecule is C=C[C@@H]1[C@@H](O)CC[C@@H](CCCCCCCCCCCC)N1C(=O)OC(C)(C)C. The molecule has 1 fully saturated rings. The number of piperidine rings is 1. The van der Waals surface area contributed by atoms with E-state index in [1.807, 2.05) is 20.8 Å². The lowest BCUT2D eigenvalue weighted by atomic mass is 9.90. The van der Waals surface area contributed by atoms with Crippen molar-refractivity contribution in [1.29, 1.82) is 0 Å². The van der Waals surface area contributed by atoms with Crippen molar-refractivity contribution < 1.29 is 14.6 Å². The molecule has 0 bridgehead atoms. The summed E-state index contributed by atoms with van der Waals surface area (Å²) in [6.07, 6.45) is 16.5. The highest BCUT2D eigenvalue weighted by molar-refractivity contribution is 5.69. The van der Waals surface area contributed by atoms with Crippen LogP contribution in [0.15, 0.2) is 12.7 Å². The predicted octanol–water partition coefficient (Wildman–Crippen LogP) is 6.61. The largest absolute Gasteiger partial charge is 0.444 e. The van der Waals surface area contributed by atoms with Crippen LogP contribution in [0.4, 0.5) is 4.79 Å². The summed E-state index contributed by atoms with van der Waals surface area (Å²) < 4.78 is 5.62. The normalized spacial score (nSPS) is 22.9. The molecule has 0 aromatic carbocycles. The third-order valence-corrected chi connectivity index (χ3v) is 5.64. The van der Waals surface area contributed by atoms with Gasteiger partial charge in [0.25, 0.3) is 0 Å². The van der Waals surface area contributed by atoms with Gasteiger partial charge < -0.3 is 9.84 Å². The van der Waals surface area contributed by atoms with Crippen LogP contribution in [0.1, 0.15) is 111 Å². The molecule has 0 spiro atoms. The fraction of sp³-hybridized carbons (Fsp3) is 0.875. The molecule has 28 heavy (non-hydrogen) atoms. The van der Waals surface area contributed by atoms with Crippen LogP contribution in [0, 0.1) is 0 Å². The van der Waals surface area contributed by atoms with Crippen LogP contribution in [0.3, 0.4) is 0 Å². The van der Waals surface area contributed by atoms with Crippen LogP contribution < -0.4 is 0 Å². The fourth-order valence-corrected chi connectivity index (χ4v) is 4.11. The van der Waals surface area contributed by atoms with Crippen LogP contribution in [-0.4, -0.2) is 39.9 Å². The number of carbonyl (C=O) groups excluding carboxylic acids is 1. The van der Waals surface area contributed by atoms with Crippen LogP contribution in [0.25, 0.3) is 0 Å². The van der Waals surface area contributed by atoms with Crippen LogP contribution in [-0.2, 0) is 4.74 Å². The van der Waals surface area contributed by atoms with Gasteiger partial charge in [-0.2, -0.15) is 0 Å². The number of ether oxygens (including phenoxy) is 1. The first kappa shape index (κ1) is 25.0. The second kappa shape index (κ2) is 13.2. The van der Waals surface area contributed by atoms with Gasteiger partial charge in [-0.1, -0.05) is 77.2 Å². The Kier molecular flexibility index (Phi) is 11.8. The molecule has 0 radical (unpaired) electrons. The van der Waals surface area contributed by atoms with Gasteiger partial charge in [0.2, 0.25) is 0 Å². The number of carbonyl (C=O) groups is 1. The van der Waals surface area contributed by atoms with E-state index >= 15 is 0 Å². The van der Waals surface area contributed by atoms with Crippen molar-refractivity contribution in [2.75, 3.05) is 0 Å². The van der Waals surface area contributed by atoms with E-state index in [9.17, 15) is 9.90 Å². The summed E-state index contributed by atoms with van der Waals surface area (Å²) in [6, 6.07) is -0.216. The molecule has 1 rings (SSSR count). The maximum absolute atomic E-state index is 12.8. The second-order valence-corrected chi connectivity index (χ2v) is 9.38. The lowest BCUT2D eigenvalue weighted by Crippen LogP contribution is -2.56. The molecular formula is C24H45NO3. The van der Waals surface area contributed by atoms with E-state index < -0.39 is 11.7 Å². The average Bonchev–Trinajstić information content (AvgIpc) is 2.62. The molecule has 164 valence electrons. The van der Waals surface area contributed by atoms with E-state index in [4.69, 9.17) is 4.74 Å². The van der Waals surface area contributed by atoms with E-state index in [2.05, 4.69) is 13.5 Å². The van der Waals surface area contributed by atoms with Crippen molar-refractivity contribution in [3.63, 3.8) is 0 Å². The molecule has 0 aromatic heterocycles. The molecule has 4 heteroatoms. The first-order valence-electron chi connectivity index (χ1n) is 11.6. The predicted molar refractivity (Wildman–Crippen MR) is 118 cm³/mol. The number of amides is 1. The van der Waals surface area contributed by atoms with Crippen molar-refractivity contribution in [2.45, 2.75) is 135 Å². The van der Waals surface area contributed by atoms with E-state index in [1.165, 1.54) is 57.8 Å². The molecule has 1 heterocycles. The van der Waals surface area contributed by atoms with Gasteiger partial charge in [0.15, 0.2) is 0 Å². The summed E-state index contributed by atoms with van der Waals surface area (Å²) in [5, 5.41) is 10.3.